The van der Waals surface area contributed by atoms with Crippen molar-refractivity contribution in [2.75, 3.05) is 33.8 Å². The molecule has 1 amide bonds. The number of aliphatic imine (C=N–C) groups is 1. The smallest absolute Gasteiger partial charge is 0.243 e. The first-order valence-electron chi connectivity index (χ1n) is 12.2. The van der Waals surface area contributed by atoms with E-state index in [-0.39, 0.29) is 42.5 Å². The van der Waals surface area contributed by atoms with E-state index in [1.165, 1.54) is 24.8 Å². The maximum Gasteiger partial charge on any atom is 0.243 e. The molecule has 1 aromatic carbocycles. The van der Waals surface area contributed by atoms with Gasteiger partial charge in [-0.3, -0.25) is 9.69 Å². The average Bonchev–Trinajstić information content (AvgIpc) is 3.03. The van der Waals surface area contributed by atoms with Crippen LogP contribution >= 0.6 is 24.0 Å². The van der Waals surface area contributed by atoms with E-state index in [0.717, 1.165) is 51.3 Å². The van der Waals surface area contributed by atoms with Crippen LogP contribution in [0.15, 0.2) is 35.3 Å². The first-order valence-corrected chi connectivity index (χ1v) is 12.2. The van der Waals surface area contributed by atoms with Gasteiger partial charge >= 0.3 is 0 Å². The second-order valence-electron chi connectivity index (χ2n) is 9.68. The van der Waals surface area contributed by atoms with Crippen molar-refractivity contribution in [3.8, 4) is 0 Å². The third-order valence-electron chi connectivity index (χ3n) is 7.08. The molecule has 3 unspecified atom stereocenters. The average molecular weight is 570 g/mol. The van der Waals surface area contributed by atoms with Gasteiger partial charge in [0.2, 0.25) is 5.91 Å². The largest absolute Gasteiger partial charge is 0.376 e. The summed E-state index contributed by atoms with van der Waals surface area (Å²) >= 11 is 0. The van der Waals surface area contributed by atoms with Crippen molar-refractivity contribution in [1.29, 1.82) is 0 Å². The summed E-state index contributed by atoms with van der Waals surface area (Å²) in [6.07, 6.45) is 8.45. The molecule has 1 aromatic rings. The number of rotatable bonds is 7. The van der Waals surface area contributed by atoms with Crippen LogP contribution in [0.3, 0.4) is 0 Å². The third kappa shape index (κ3) is 7.55. The zero-order valence-corrected chi connectivity index (χ0v) is 22.4. The van der Waals surface area contributed by atoms with Crippen LogP contribution in [0, 0.1) is 0 Å². The van der Waals surface area contributed by atoms with E-state index in [2.05, 4.69) is 50.9 Å². The van der Waals surface area contributed by atoms with Gasteiger partial charge in [0.25, 0.3) is 0 Å². The van der Waals surface area contributed by atoms with Crippen molar-refractivity contribution in [2.45, 2.75) is 75.7 Å². The molecule has 3 aliphatic heterocycles. The normalized spacial score (nSPS) is 27.5. The minimum atomic E-state index is 0. The second-order valence-corrected chi connectivity index (χ2v) is 9.68. The molecule has 0 radical (unpaired) electrons. The summed E-state index contributed by atoms with van der Waals surface area (Å²) in [4.78, 5) is 21.0. The van der Waals surface area contributed by atoms with Crippen LogP contribution in [-0.2, 0) is 16.1 Å². The van der Waals surface area contributed by atoms with Gasteiger partial charge in [0.15, 0.2) is 5.96 Å². The molecular formula is C25H40IN5O2. The van der Waals surface area contributed by atoms with Crippen molar-refractivity contribution in [3.63, 3.8) is 0 Å². The molecule has 0 aromatic heterocycles. The molecule has 3 aliphatic rings. The Labute approximate surface area is 215 Å². The Bertz CT molecular complexity index is 755. The van der Waals surface area contributed by atoms with Crippen molar-refractivity contribution < 1.29 is 9.53 Å². The number of ether oxygens (including phenoxy) is 1. The minimum absolute atomic E-state index is 0. The number of nitrogens with zero attached hydrogens (tertiary/aromatic N) is 3. The Balaban J connectivity index is 0.00000306. The van der Waals surface area contributed by atoms with Crippen LogP contribution in [0.2, 0.25) is 0 Å². The Kier molecular flexibility index (Phi) is 10.2. The molecule has 7 nitrogen and oxygen atoms in total. The summed E-state index contributed by atoms with van der Waals surface area (Å²) < 4.78 is 5.87. The van der Waals surface area contributed by atoms with Gasteiger partial charge in [-0.25, -0.2) is 4.99 Å². The van der Waals surface area contributed by atoms with Gasteiger partial charge in [0.1, 0.15) is 6.54 Å². The van der Waals surface area contributed by atoms with E-state index >= 15 is 0 Å². The highest BCUT2D eigenvalue weighted by molar-refractivity contribution is 14.0. The van der Waals surface area contributed by atoms with Crippen LogP contribution in [0.1, 0.15) is 50.5 Å². The number of halogens is 1. The fraction of sp³-hybridized carbons (Fsp3) is 0.680. The molecule has 4 rings (SSSR count). The van der Waals surface area contributed by atoms with Gasteiger partial charge in [-0.2, -0.15) is 0 Å². The van der Waals surface area contributed by atoms with Crippen molar-refractivity contribution in [2.24, 2.45) is 4.99 Å². The first kappa shape index (κ1) is 26.2. The number of piperidine rings is 1. The van der Waals surface area contributed by atoms with E-state index in [1.54, 1.807) is 19.0 Å². The molecule has 3 heterocycles. The van der Waals surface area contributed by atoms with Gasteiger partial charge in [-0.05, 0) is 50.5 Å². The molecule has 0 spiro atoms. The zero-order chi connectivity index (χ0) is 22.3. The van der Waals surface area contributed by atoms with Crippen LogP contribution in [0.4, 0.5) is 0 Å². The molecule has 3 saturated heterocycles. The molecule has 33 heavy (non-hydrogen) atoms. The zero-order valence-electron chi connectivity index (χ0n) is 20.0. The summed E-state index contributed by atoms with van der Waals surface area (Å²) in [5.41, 5.74) is 1.40. The van der Waals surface area contributed by atoms with Gasteiger partial charge in [0, 0.05) is 51.9 Å². The van der Waals surface area contributed by atoms with E-state index in [4.69, 9.17) is 4.74 Å². The maximum absolute atomic E-state index is 12.1. The SMILES string of the molecule is CN(C)C(=O)CN=C(NCC1CCCCO1)NC1CC2CCC(C1)N2Cc1ccccc1.I. The molecule has 8 heteroatoms. The lowest BCUT2D eigenvalue weighted by Crippen LogP contribution is -2.53. The molecule has 2 N–H and O–H groups in total. The van der Waals surface area contributed by atoms with Gasteiger partial charge < -0.3 is 20.3 Å². The predicted molar refractivity (Wildman–Crippen MR) is 143 cm³/mol. The lowest BCUT2D eigenvalue weighted by molar-refractivity contribution is -0.127. The summed E-state index contributed by atoms with van der Waals surface area (Å²) in [7, 11) is 3.54. The lowest BCUT2D eigenvalue weighted by Gasteiger charge is -2.39. The Hall–Kier alpha value is -1.39. The minimum Gasteiger partial charge on any atom is -0.376 e. The maximum atomic E-state index is 12.1. The lowest BCUT2D eigenvalue weighted by atomic mass is 9.96. The van der Waals surface area contributed by atoms with Gasteiger partial charge in [-0.15, -0.1) is 24.0 Å². The number of nitrogens with one attached hydrogen (secondary N) is 2. The fourth-order valence-corrected chi connectivity index (χ4v) is 5.26. The Morgan fingerprint density at radius 2 is 1.85 bits per heavy atom. The number of carbonyl (C=O) groups is 1. The number of hydrogen-bond acceptors (Lipinski definition) is 4. The standard InChI is InChI=1S/C25H39N5O2.HI/c1-29(2)24(31)17-27-25(26-16-23-10-6-7-13-32-23)28-20-14-21-11-12-22(15-20)30(21)18-19-8-4-3-5-9-19;/h3-5,8-9,20-23H,6-7,10-18H2,1-2H3,(H2,26,27,28);1H. The molecule has 184 valence electrons. The van der Waals surface area contributed by atoms with Crippen molar-refractivity contribution in [3.05, 3.63) is 35.9 Å². The highest BCUT2D eigenvalue weighted by atomic mass is 127. The van der Waals surface area contributed by atoms with Gasteiger partial charge in [-0.1, -0.05) is 30.3 Å². The quantitative estimate of drug-likeness (QED) is 0.300. The number of carbonyl (C=O) groups excluding carboxylic acids is 1. The molecular weight excluding hydrogens is 529 g/mol. The number of benzene rings is 1. The molecule has 0 saturated carbocycles. The summed E-state index contributed by atoms with van der Waals surface area (Å²) in [5.74, 6) is 0.757. The van der Waals surface area contributed by atoms with Crippen LogP contribution in [0.25, 0.3) is 0 Å². The number of hydrogen-bond donors (Lipinski definition) is 2. The molecule has 3 fully saturated rings. The van der Waals surface area contributed by atoms with Gasteiger partial charge in [0.05, 0.1) is 6.10 Å². The van der Waals surface area contributed by atoms with E-state index in [0.29, 0.717) is 18.1 Å². The Morgan fingerprint density at radius 3 is 2.48 bits per heavy atom. The monoisotopic (exact) mass is 569 g/mol. The molecule has 2 bridgehead atoms. The fourth-order valence-electron chi connectivity index (χ4n) is 5.26. The van der Waals surface area contributed by atoms with Crippen LogP contribution < -0.4 is 10.6 Å². The predicted octanol–water partition coefficient (Wildman–Crippen LogP) is 2.99. The van der Waals surface area contributed by atoms with Crippen LogP contribution in [0.5, 0.6) is 0 Å². The Morgan fingerprint density at radius 1 is 1.12 bits per heavy atom. The van der Waals surface area contributed by atoms with E-state index < -0.39 is 0 Å². The van der Waals surface area contributed by atoms with Crippen LogP contribution in [-0.4, -0.2) is 79.7 Å². The first-order chi connectivity index (χ1) is 15.6. The summed E-state index contributed by atoms with van der Waals surface area (Å²) in [6.45, 7) is 2.78. The van der Waals surface area contributed by atoms with Crippen molar-refractivity contribution in [1.82, 2.24) is 20.4 Å². The topological polar surface area (TPSA) is 69.2 Å². The number of fused-ring (bicyclic) bond motifs is 2. The molecule has 3 atom stereocenters. The molecule has 0 aliphatic carbocycles. The van der Waals surface area contributed by atoms with E-state index in [1.807, 2.05) is 0 Å². The second kappa shape index (κ2) is 12.9. The number of likely N-dealkylation sites (N-methyl/N-ethyl adjacent to an activating group) is 1. The summed E-state index contributed by atoms with van der Waals surface area (Å²) in [5, 5.41) is 7.12. The number of amides is 1. The third-order valence-corrected chi connectivity index (χ3v) is 7.08. The highest BCUT2D eigenvalue weighted by Crippen LogP contribution is 2.36. The highest BCUT2D eigenvalue weighted by Gasteiger charge is 2.40. The summed E-state index contributed by atoms with van der Waals surface area (Å²) in [6, 6.07) is 12.4. The van der Waals surface area contributed by atoms with Crippen molar-refractivity contribution >= 4 is 35.8 Å². The number of guanidine groups is 1. The van der Waals surface area contributed by atoms with E-state index in [9.17, 15) is 4.79 Å².